The number of hydrogen-bond donors (Lipinski definition) is 2. The maximum atomic E-state index is 14.5. The Morgan fingerprint density at radius 1 is 1.13 bits per heavy atom. The van der Waals surface area contributed by atoms with Gasteiger partial charge in [-0.15, -0.1) is 0 Å². The van der Waals surface area contributed by atoms with Crippen LogP contribution in [0, 0.1) is 0 Å². The first-order valence-corrected chi connectivity index (χ1v) is 15.8. The van der Waals surface area contributed by atoms with E-state index < -0.39 is 11.6 Å². The van der Waals surface area contributed by atoms with Crippen LogP contribution < -0.4 is 10.1 Å². The Hall–Kier alpha value is -3.93. The van der Waals surface area contributed by atoms with Crippen molar-refractivity contribution in [2.75, 3.05) is 52.6 Å². The van der Waals surface area contributed by atoms with E-state index in [-0.39, 0.29) is 25.5 Å². The number of halogens is 1. The molecule has 2 N–H and O–H groups in total. The SMILES string of the molecule is [N-]=[N+]=NCc1ccccc1[C@H]1OC(c2ccc(OCCCO)cc2)=N[C@@]1(Cc1ccc(Br)cc1)C(=O)NCCN1CCOCC1. The molecule has 0 radical (unpaired) electrons. The number of ether oxygens (including phenoxy) is 3. The van der Waals surface area contributed by atoms with Crippen LogP contribution in [0.4, 0.5) is 0 Å². The Labute approximate surface area is 271 Å². The summed E-state index contributed by atoms with van der Waals surface area (Å²) < 4.78 is 18.8. The molecule has 1 amide bonds. The van der Waals surface area contributed by atoms with Crippen molar-refractivity contribution in [1.82, 2.24) is 10.2 Å². The lowest BCUT2D eigenvalue weighted by Gasteiger charge is -2.32. The molecule has 12 heteroatoms. The number of nitrogens with zero attached hydrogens (tertiary/aromatic N) is 5. The van der Waals surface area contributed by atoms with E-state index in [9.17, 15) is 4.79 Å². The minimum atomic E-state index is -1.36. The van der Waals surface area contributed by atoms with Gasteiger partial charge in [0.15, 0.2) is 11.6 Å². The second kappa shape index (κ2) is 15.9. The highest BCUT2D eigenvalue weighted by Crippen LogP contribution is 2.44. The number of rotatable bonds is 14. The molecule has 45 heavy (non-hydrogen) atoms. The van der Waals surface area contributed by atoms with Gasteiger partial charge in [-0.1, -0.05) is 57.4 Å². The van der Waals surface area contributed by atoms with Gasteiger partial charge in [0.2, 0.25) is 5.90 Å². The van der Waals surface area contributed by atoms with Gasteiger partial charge in [-0.25, -0.2) is 4.99 Å². The number of nitrogens with one attached hydrogen (secondary N) is 1. The van der Waals surface area contributed by atoms with Crippen LogP contribution in [-0.4, -0.2) is 80.0 Å². The molecule has 3 aromatic carbocycles. The largest absolute Gasteiger partial charge is 0.494 e. The molecule has 2 aliphatic rings. The maximum absolute atomic E-state index is 14.5. The number of aliphatic hydroxyl groups is 1. The molecule has 3 aromatic rings. The van der Waals surface area contributed by atoms with Gasteiger partial charge >= 0.3 is 0 Å². The molecule has 0 saturated carbocycles. The first-order valence-electron chi connectivity index (χ1n) is 15.0. The number of azide groups is 1. The fourth-order valence-corrected chi connectivity index (χ4v) is 5.78. The number of amides is 1. The highest BCUT2D eigenvalue weighted by atomic mass is 79.9. The van der Waals surface area contributed by atoms with Gasteiger partial charge in [0.1, 0.15) is 5.75 Å². The Kier molecular flexibility index (Phi) is 11.5. The topological polar surface area (TPSA) is 141 Å². The van der Waals surface area contributed by atoms with Gasteiger partial charge in [-0.2, -0.15) is 0 Å². The van der Waals surface area contributed by atoms with E-state index in [1.807, 2.05) is 72.8 Å². The monoisotopic (exact) mass is 676 g/mol. The first-order chi connectivity index (χ1) is 22.0. The van der Waals surface area contributed by atoms with E-state index >= 15 is 0 Å². The summed E-state index contributed by atoms with van der Waals surface area (Å²) in [6.07, 6.45) is 0.00847. The average Bonchev–Trinajstić information content (AvgIpc) is 3.46. The zero-order valence-electron chi connectivity index (χ0n) is 25.0. The van der Waals surface area contributed by atoms with E-state index in [1.165, 1.54) is 0 Å². The van der Waals surface area contributed by atoms with Crippen molar-refractivity contribution in [1.29, 1.82) is 0 Å². The Morgan fingerprint density at radius 3 is 2.62 bits per heavy atom. The third-order valence-corrected chi connectivity index (χ3v) is 8.40. The minimum Gasteiger partial charge on any atom is -0.494 e. The third kappa shape index (κ3) is 8.22. The molecule has 2 heterocycles. The minimum absolute atomic E-state index is 0.0558. The molecule has 0 spiro atoms. The second-order valence-corrected chi connectivity index (χ2v) is 11.8. The van der Waals surface area contributed by atoms with E-state index in [1.54, 1.807) is 0 Å². The van der Waals surface area contributed by atoms with Crippen molar-refractivity contribution < 1.29 is 24.1 Å². The van der Waals surface area contributed by atoms with Gasteiger partial charge in [0.05, 0.1) is 26.4 Å². The smallest absolute Gasteiger partial charge is 0.252 e. The molecule has 0 aliphatic carbocycles. The first kappa shape index (κ1) is 32.5. The van der Waals surface area contributed by atoms with Crippen molar-refractivity contribution in [3.63, 3.8) is 0 Å². The van der Waals surface area contributed by atoms with Crippen molar-refractivity contribution in [3.05, 3.63) is 110 Å². The van der Waals surface area contributed by atoms with Gasteiger partial charge in [0, 0.05) is 60.6 Å². The molecule has 236 valence electrons. The van der Waals surface area contributed by atoms with Crippen LogP contribution in [0.2, 0.25) is 0 Å². The number of benzene rings is 3. The molecule has 5 rings (SSSR count). The summed E-state index contributed by atoms with van der Waals surface area (Å²) in [5.41, 5.74) is 10.8. The lowest BCUT2D eigenvalue weighted by Crippen LogP contribution is -2.52. The second-order valence-electron chi connectivity index (χ2n) is 10.9. The van der Waals surface area contributed by atoms with E-state index in [0.717, 1.165) is 34.3 Å². The van der Waals surface area contributed by atoms with Gasteiger partial charge in [-0.05, 0) is 58.6 Å². The van der Waals surface area contributed by atoms with E-state index in [0.29, 0.717) is 56.5 Å². The highest BCUT2D eigenvalue weighted by molar-refractivity contribution is 9.10. The molecule has 2 atom stereocenters. The molecular weight excluding hydrogens is 640 g/mol. The molecule has 1 fully saturated rings. The Morgan fingerprint density at radius 2 is 1.89 bits per heavy atom. The normalized spacial score (nSPS) is 19.7. The number of carbonyl (C=O) groups excluding carboxylic acids is 1. The number of carbonyl (C=O) groups is 1. The number of hydrogen-bond acceptors (Lipinski definition) is 8. The number of aliphatic hydroxyl groups excluding tert-OH is 1. The van der Waals surface area contributed by atoms with Crippen LogP contribution in [-0.2, 0) is 27.2 Å². The molecule has 0 aromatic heterocycles. The van der Waals surface area contributed by atoms with Crippen LogP contribution in [0.5, 0.6) is 5.75 Å². The standard InChI is InChI=1S/C33H37BrN6O5/c34-27-10-6-24(7-11-27)22-33(32(42)36-14-15-40-16-20-43-21-17-40)30(29-5-2-1-4-26(29)23-37-39-35)45-31(38-33)25-8-12-28(13-9-25)44-19-3-18-41/h1-2,4-13,30,41H,3,14-23H2,(H,36,42)/t30-,33-/m1/s1. The molecule has 0 unspecified atom stereocenters. The van der Waals surface area contributed by atoms with Crippen LogP contribution in [0.25, 0.3) is 10.4 Å². The van der Waals surface area contributed by atoms with Crippen LogP contribution in [0.3, 0.4) is 0 Å². The lowest BCUT2D eigenvalue weighted by molar-refractivity contribution is -0.129. The Balaban J connectivity index is 1.54. The quantitative estimate of drug-likeness (QED) is 0.107. The Bertz CT molecular complexity index is 1510. The maximum Gasteiger partial charge on any atom is 0.252 e. The summed E-state index contributed by atoms with van der Waals surface area (Å²) >= 11 is 3.51. The molecule has 11 nitrogen and oxygen atoms in total. The summed E-state index contributed by atoms with van der Waals surface area (Å²) in [6, 6.07) is 22.7. The van der Waals surface area contributed by atoms with Crippen molar-refractivity contribution in [2.45, 2.75) is 31.0 Å². The van der Waals surface area contributed by atoms with Crippen molar-refractivity contribution in [2.24, 2.45) is 10.1 Å². The molecule has 0 bridgehead atoms. The summed E-state index contributed by atoms with van der Waals surface area (Å²) in [4.78, 5) is 24.8. The summed E-state index contributed by atoms with van der Waals surface area (Å²) in [6.45, 7) is 4.69. The zero-order valence-corrected chi connectivity index (χ0v) is 26.6. The molecule has 1 saturated heterocycles. The van der Waals surface area contributed by atoms with Crippen LogP contribution in [0.1, 0.15) is 34.8 Å². The third-order valence-electron chi connectivity index (χ3n) is 7.88. The zero-order chi connectivity index (χ0) is 31.5. The predicted octanol–water partition coefficient (Wildman–Crippen LogP) is 4.97. The van der Waals surface area contributed by atoms with E-state index in [4.69, 9.17) is 29.8 Å². The average molecular weight is 678 g/mol. The number of aliphatic imine (C=N–C) groups is 1. The predicted molar refractivity (Wildman–Crippen MR) is 174 cm³/mol. The molecular formula is C33H37BrN6O5. The van der Waals surface area contributed by atoms with Gasteiger partial charge < -0.3 is 24.6 Å². The van der Waals surface area contributed by atoms with Crippen LogP contribution in [0.15, 0.2) is 87.4 Å². The highest BCUT2D eigenvalue weighted by Gasteiger charge is 2.53. The number of morpholine rings is 1. The summed E-state index contributed by atoms with van der Waals surface area (Å²) in [7, 11) is 0. The molecule has 2 aliphatic heterocycles. The van der Waals surface area contributed by atoms with E-state index in [2.05, 4.69) is 36.2 Å². The van der Waals surface area contributed by atoms with Crippen molar-refractivity contribution in [3.8, 4) is 5.75 Å². The summed E-state index contributed by atoms with van der Waals surface area (Å²) in [5, 5.41) is 16.1. The van der Waals surface area contributed by atoms with Crippen molar-refractivity contribution >= 4 is 27.7 Å². The fourth-order valence-electron chi connectivity index (χ4n) is 5.52. The van der Waals surface area contributed by atoms with Crippen LogP contribution >= 0.6 is 15.9 Å². The van der Waals surface area contributed by atoms with Gasteiger partial charge in [0.25, 0.3) is 5.91 Å². The fraction of sp³-hybridized carbons (Fsp3) is 0.394. The van der Waals surface area contributed by atoms with Gasteiger partial charge in [-0.3, -0.25) is 9.69 Å². The summed E-state index contributed by atoms with van der Waals surface area (Å²) in [5.74, 6) is 0.742. The lowest BCUT2D eigenvalue weighted by atomic mass is 9.80.